The Balaban J connectivity index is 2.36. The van der Waals surface area contributed by atoms with Crippen molar-refractivity contribution in [1.29, 1.82) is 0 Å². The van der Waals surface area contributed by atoms with Gasteiger partial charge in [0, 0.05) is 18.4 Å². The number of benzene rings is 1. The Morgan fingerprint density at radius 3 is 2.41 bits per heavy atom. The molecule has 0 aliphatic heterocycles. The molecule has 0 aliphatic rings. The Morgan fingerprint density at radius 1 is 1.18 bits per heavy atom. The number of ether oxygens (including phenoxy) is 1. The molecule has 0 atom stereocenters. The van der Waals surface area contributed by atoms with Crippen molar-refractivity contribution < 1.29 is 14.3 Å². The monoisotopic (exact) mass is 300 g/mol. The summed E-state index contributed by atoms with van der Waals surface area (Å²) in [5.41, 5.74) is 2.92. The smallest absolute Gasteiger partial charge is 0.355 e. The van der Waals surface area contributed by atoms with Crippen LogP contribution in [0, 0.1) is 13.8 Å². The number of hydrogen-bond acceptors (Lipinski definition) is 3. The van der Waals surface area contributed by atoms with Crippen molar-refractivity contribution in [3.05, 3.63) is 52.8 Å². The van der Waals surface area contributed by atoms with Gasteiger partial charge >= 0.3 is 5.97 Å². The molecule has 1 N–H and O–H groups in total. The number of aromatic amines is 1. The molecule has 1 amide bonds. The van der Waals surface area contributed by atoms with Crippen LogP contribution in [0.1, 0.15) is 39.0 Å². The van der Waals surface area contributed by atoms with E-state index in [1.807, 2.05) is 30.3 Å². The zero-order valence-electron chi connectivity index (χ0n) is 13.3. The first-order valence-electron chi connectivity index (χ1n) is 7.16. The van der Waals surface area contributed by atoms with E-state index < -0.39 is 5.97 Å². The number of aromatic nitrogens is 1. The molecule has 1 aromatic carbocycles. The van der Waals surface area contributed by atoms with Crippen LogP contribution in [-0.2, 0) is 4.74 Å². The number of anilines is 1. The van der Waals surface area contributed by atoms with Crippen LogP contribution < -0.4 is 4.90 Å². The minimum atomic E-state index is -0.440. The Hall–Kier alpha value is -2.56. The van der Waals surface area contributed by atoms with E-state index in [4.69, 9.17) is 4.74 Å². The van der Waals surface area contributed by atoms with Gasteiger partial charge in [0.25, 0.3) is 5.91 Å². The van der Waals surface area contributed by atoms with E-state index in [2.05, 4.69) is 4.98 Å². The molecule has 0 bridgehead atoms. The topological polar surface area (TPSA) is 62.4 Å². The minimum Gasteiger partial charge on any atom is -0.461 e. The van der Waals surface area contributed by atoms with Crippen molar-refractivity contribution in [2.75, 3.05) is 18.6 Å². The first kappa shape index (κ1) is 15.8. The fourth-order valence-electron chi connectivity index (χ4n) is 2.41. The van der Waals surface area contributed by atoms with Crippen LogP contribution in [0.15, 0.2) is 30.3 Å². The van der Waals surface area contributed by atoms with Crippen LogP contribution in [0.2, 0.25) is 0 Å². The Morgan fingerprint density at radius 2 is 1.82 bits per heavy atom. The molecule has 0 aliphatic carbocycles. The maximum Gasteiger partial charge on any atom is 0.355 e. The van der Waals surface area contributed by atoms with E-state index in [9.17, 15) is 9.59 Å². The highest BCUT2D eigenvalue weighted by Crippen LogP contribution is 2.23. The zero-order valence-corrected chi connectivity index (χ0v) is 13.3. The fourth-order valence-corrected chi connectivity index (χ4v) is 2.41. The first-order valence-corrected chi connectivity index (χ1v) is 7.16. The SMILES string of the molecule is CCOC(=O)c1[nH]c(C)c(C(=O)N(C)c2ccccc2)c1C. The van der Waals surface area contributed by atoms with Crippen molar-refractivity contribution in [2.45, 2.75) is 20.8 Å². The number of nitrogens with one attached hydrogen (secondary N) is 1. The van der Waals surface area contributed by atoms with Crippen molar-refractivity contribution >= 4 is 17.6 Å². The van der Waals surface area contributed by atoms with Crippen molar-refractivity contribution in [2.24, 2.45) is 0 Å². The number of esters is 1. The molecule has 116 valence electrons. The normalized spacial score (nSPS) is 10.4. The summed E-state index contributed by atoms with van der Waals surface area (Å²) in [6.07, 6.45) is 0. The van der Waals surface area contributed by atoms with Crippen LogP contribution in [0.5, 0.6) is 0 Å². The predicted octanol–water partition coefficient (Wildman–Crippen LogP) is 3.08. The minimum absolute atomic E-state index is 0.159. The summed E-state index contributed by atoms with van der Waals surface area (Å²) < 4.78 is 5.01. The standard InChI is InChI=1S/C17H20N2O3/c1-5-22-17(21)15-11(2)14(12(3)18-15)16(20)19(4)13-9-7-6-8-10-13/h6-10,18H,5H2,1-4H3. The lowest BCUT2D eigenvalue weighted by atomic mass is 10.1. The quantitative estimate of drug-likeness (QED) is 0.883. The highest BCUT2D eigenvalue weighted by Gasteiger charge is 2.25. The van der Waals surface area contributed by atoms with Gasteiger partial charge < -0.3 is 14.6 Å². The molecule has 0 saturated heterocycles. The number of carbonyl (C=O) groups is 2. The summed E-state index contributed by atoms with van der Waals surface area (Å²) in [6, 6.07) is 9.37. The summed E-state index contributed by atoms with van der Waals surface area (Å²) in [5.74, 6) is -0.600. The number of nitrogens with zero attached hydrogens (tertiary/aromatic N) is 1. The number of hydrogen-bond donors (Lipinski definition) is 1. The maximum atomic E-state index is 12.7. The number of H-pyrrole nitrogens is 1. The second kappa shape index (κ2) is 6.47. The van der Waals surface area contributed by atoms with Crippen LogP contribution in [0.25, 0.3) is 0 Å². The maximum absolute atomic E-state index is 12.7. The van der Waals surface area contributed by atoms with Crippen molar-refractivity contribution in [1.82, 2.24) is 4.98 Å². The molecule has 2 aromatic rings. The van der Waals surface area contributed by atoms with Gasteiger partial charge in [-0.3, -0.25) is 4.79 Å². The molecular weight excluding hydrogens is 280 g/mol. The average Bonchev–Trinajstić information content (AvgIpc) is 2.82. The van der Waals surface area contributed by atoms with Crippen LogP contribution in [0.4, 0.5) is 5.69 Å². The number of aryl methyl sites for hydroxylation is 1. The first-order chi connectivity index (χ1) is 10.5. The van der Waals surface area contributed by atoms with Crippen molar-refractivity contribution in [3.8, 4) is 0 Å². The molecule has 2 rings (SSSR count). The highest BCUT2D eigenvalue weighted by molar-refractivity contribution is 6.09. The Bertz CT molecular complexity index is 689. The van der Waals surface area contributed by atoms with Gasteiger partial charge in [-0.25, -0.2) is 4.79 Å². The molecule has 1 heterocycles. The number of para-hydroxylation sites is 1. The molecule has 0 radical (unpaired) electrons. The second-order valence-electron chi connectivity index (χ2n) is 5.05. The lowest BCUT2D eigenvalue weighted by Gasteiger charge is -2.17. The lowest BCUT2D eigenvalue weighted by Crippen LogP contribution is -2.27. The van der Waals surface area contributed by atoms with Gasteiger partial charge in [-0.1, -0.05) is 18.2 Å². The third-order valence-corrected chi connectivity index (χ3v) is 3.58. The summed E-state index contributed by atoms with van der Waals surface area (Å²) in [4.78, 5) is 29.2. The summed E-state index contributed by atoms with van der Waals surface area (Å²) in [7, 11) is 1.72. The van der Waals surface area contributed by atoms with Crippen LogP contribution >= 0.6 is 0 Å². The van der Waals surface area contributed by atoms with E-state index >= 15 is 0 Å². The zero-order chi connectivity index (χ0) is 16.3. The van der Waals surface area contributed by atoms with Gasteiger partial charge in [-0.2, -0.15) is 0 Å². The van der Waals surface area contributed by atoms with E-state index in [0.717, 1.165) is 5.69 Å². The summed E-state index contributed by atoms with van der Waals surface area (Å²) in [5, 5.41) is 0. The van der Waals surface area contributed by atoms with Gasteiger partial charge in [-0.05, 0) is 38.5 Å². The molecule has 5 heteroatoms. The van der Waals surface area contributed by atoms with E-state index in [1.54, 1.807) is 32.7 Å². The number of rotatable bonds is 4. The largest absolute Gasteiger partial charge is 0.461 e. The van der Waals surface area contributed by atoms with E-state index in [1.165, 1.54) is 0 Å². The van der Waals surface area contributed by atoms with Gasteiger partial charge in [0.2, 0.25) is 0 Å². The van der Waals surface area contributed by atoms with E-state index in [-0.39, 0.29) is 5.91 Å². The molecule has 0 saturated carbocycles. The molecule has 5 nitrogen and oxygen atoms in total. The predicted molar refractivity (Wildman–Crippen MR) is 85.4 cm³/mol. The molecular formula is C17H20N2O3. The Kier molecular flexibility index (Phi) is 4.65. The molecule has 0 unspecified atom stereocenters. The molecule has 22 heavy (non-hydrogen) atoms. The third kappa shape index (κ3) is 2.88. The number of amides is 1. The second-order valence-corrected chi connectivity index (χ2v) is 5.05. The summed E-state index contributed by atoms with van der Waals surface area (Å²) in [6.45, 7) is 5.57. The van der Waals surface area contributed by atoms with Gasteiger partial charge in [0.1, 0.15) is 5.69 Å². The fraction of sp³-hybridized carbons (Fsp3) is 0.294. The highest BCUT2D eigenvalue weighted by atomic mass is 16.5. The van der Waals surface area contributed by atoms with E-state index in [0.29, 0.717) is 29.1 Å². The lowest BCUT2D eigenvalue weighted by molar-refractivity contribution is 0.0519. The molecule has 0 fully saturated rings. The summed E-state index contributed by atoms with van der Waals surface area (Å²) >= 11 is 0. The van der Waals surface area contributed by atoms with Crippen LogP contribution in [0.3, 0.4) is 0 Å². The van der Waals surface area contributed by atoms with Gasteiger partial charge in [-0.15, -0.1) is 0 Å². The van der Waals surface area contributed by atoms with Gasteiger partial charge in [0.15, 0.2) is 0 Å². The third-order valence-electron chi connectivity index (χ3n) is 3.58. The molecule has 1 aromatic heterocycles. The average molecular weight is 300 g/mol. The number of carbonyl (C=O) groups excluding carboxylic acids is 2. The van der Waals surface area contributed by atoms with Crippen LogP contribution in [-0.4, -0.2) is 30.5 Å². The molecule has 0 spiro atoms. The Labute approximate surface area is 129 Å². The van der Waals surface area contributed by atoms with Gasteiger partial charge in [0.05, 0.1) is 12.2 Å². The van der Waals surface area contributed by atoms with Crippen molar-refractivity contribution in [3.63, 3.8) is 0 Å².